The normalized spacial score (nSPS) is 13.4. The number of nitrogens with one attached hydrogen (secondary N) is 2. The Labute approximate surface area is 183 Å². The van der Waals surface area contributed by atoms with Crippen molar-refractivity contribution >= 4 is 47.0 Å². The Kier molecular flexibility index (Phi) is 8.43. The molecule has 0 aliphatic carbocycles. The first-order valence-electron chi connectivity index (χ1n) is 9.54. The maximum absolute atomic E-state index is 12.3. The molecule has 0 saturated heterocycles. The molecule has 1 heterocycles. The third kappa shape index (κ3) is 6.74. The highest BCUT2D eigenvalue weighted by atomic mass is 32.1. The lowest BCUT2D eigenvalue weighted by Crippen LogP contribution is -2.47. The van der Waals surface area contributed by atoms with Crippen molar-refractivity contribution < 1.29 is 24.3 Å². The molecule has 1 unspecified atom stereocenters. The second-order valence-corrected chi connectivity index (χ2v) is 7.18. The van der Waals surface area contributed by atoms with E-state index in [2.05, 4.69) is 15.6 Å². The van der Waals surface area contributed by atoms with Crippen LogP contribution >= 0.6 is 12.2 Å². The molecule has 31 heavy (non-hydrogen) atoms. The second-order valence-electron chi connectivity index (χ2n) is 6.77. The molecule has 0 radical (unpaired) electrons. The third-order valence-electron chi connectivity index (χ3n) is 4.47. The number of rotatable bonds is 10. The van der Waals surface area contributed by atoms with Gasteiger partial charge in [0.1, 0.15) is 6.04 Å². The lowest BCUT2D eigenvalue weighted by molar-refractivity contribution is -0.139. The van der Waals surface area contributed by atoms with Gasteiger partial charge in [-0.15, -0.1) is 0 Å². The van der Waals surface area contributed by atoms with Crippen LogP contribution in [0.25, 0.3) is 0 Å². The SMILES string of the molecule is NC(N)=NCCCC(NC(=S)NC(=O)CCCN1C(=O)c2ccccc2C1=O)C(=O)O. The van der Waals surface area contributed by atoms with Crippen LogP contribution in [0.1, 0.15) is 46.4 Å². The van der Waals surface area contributed by atoms with E-state index in [0.29, 0.717) is 17.5 Å². The molecule has 1 aromatic rings. The number of thiocarbonyl (C=S) groups is 1. The Morgan fingerprint density at radius 3 is 2.29 bits per heavy atom. The molecule has 12 heteroatoms. The number of aliphatic carboxylic acids is 1. The molecule has 0 saturated carbocycles. The van der Waals surface area contributed by atoms with Crippen molar-refractivity contribution in [3.8, 4) is 0 Å². The molecule has 3 amide bonds. The van der Waals surface area contributed by atoms with E-state index in [-0.39, 0.29) is 55.2 Å². The Morgan fingerprint density at radius 1 is 1.13 bits per heavy atom. The first-order valence-corrected chi connectivity index (χ1v) is 9.95. The van der Waals surface area contributed by atoms with Gasteiger partial charge in [-0.1, -0.05) is 12.1 Å². The molecule has 0 aromatic heterocycles. The molecule has 2 rings (SSSR count). The summed E-state index contributed by atoms with van der Waals surface area (Å²) in [7, 11) is 0. The average Bonchev–Trinajstić information content (AvgIpc) is 2.95. The van der Waals surface area contributed by atoms with Crippen molar-refractivity contribution in [1.29, 1.82) is 0 Å². The summed E-state index contributed by atoms with van der Waals surface area (Å²) in [6, 6.07) is 5.52. The largest absolute Gasteiger partial charge is 0.480 e. The van der Waals surface area contributed by atoms with E-state index >= 15 is 0 Å². The molecule has 1 aliphatic heterocycles. The summed E-state index contributed by atoms with van der Waals surface area (Å²) in [5.41, 5.74) is 11.1. The van der Waals surface area contributed by atoms with Gasteiger partial charge in [0.2, 0.25) is 5.91 Å². The van der Waals surface area contributed by atoms with Crippen molar-refractivity contribution in [1.82, 2.24) is 15.5 Å². The van der Waals surface area contributed by atoms with Gasteiger partial charge in [0.05, 0.1) is 11.1 Å². The molecule has 166 valence electrons. The number of imide groups is 1. The Bertz CT molecular complexity index is 880. The highest BCUT2D eigenvalue weighted by Gasteiger charge is 2.34. The van der Waals surface area contributed by atoms with E-state index in [9.17, 15) is 24.3 Å². The Balaban J connectivity index is 1.75. The maximum Gasteiger partial charge on any atom is 0.326 e. The highest BCUT2D eigenvalue weighted by molar-refractivity contribution is 7.80. The average molecular weight is 449 g/mol. The van der Waals surface area contributed by atoms with Crippen molar-refractivity contribution in [2.24, 2.45) is 16.5 Å². The van der Waals surface area contributed by atoms with Crippen molar-refractivity contribution in [3.05, 3.63) is 35.4 Å². The summed E-state index contributed by atoms with van der Waals surface area (Å²) in [5.74, 6) is -2.44. The Morgan fingerprint density at radius 2 is 1.74 bits per heavy atom. The minimum absolute atomic E-state index is 0.00252. The van der Waals surface area contributed by atoms with Crippen molar-refractivity contribution in [2.45, 2.75) is 31.7 Å². The molecule has 1 aliphatic rings. The fourth-order valence-corrected chi connectivity index (χ4v) is 3.24. The van der Waals surface area contributed by atoms with Gasteiger partial charge in [0, 0.05) is 19.5 Å². The molecular formula is C19H24N6O5S. The van der Waals surface area contributed by atoms with Crippen LogP contribution in [0.3, 0.4) is 0 Å². The zero-order chi connectivity index (χ0) is 23.0. The summed E-state index contributed by atoms with van der Waals surface area (Å²) in [6.07, 6.45) is 0.832. The number of nitrogens with two attached hydrogens (primary N) is 2. The van der Waals surface area contributed by atoms with Crippen molar-refractivity contribution in [3.63, 3.8) is 0 Å². The number of carbonyl (C=O) groups excluding carboxylic acids is 3. The number of carboxylic acids is 1. The third-order valence-corrected chi connectivity index (χ3v) is 4.69. The van der Waals surface area contributed by atoms with E-state index in [4.69, 9.17) is 23.7 Å². The van der Waals surface area contributed by atoms with Gasteiger partial charge in [-0.05, 0) is 43.6 Å². The summed E-state index contributed by atoms with van der Waals surface area (Å²) >= 11 is 5.00. The van der Waals surface area contributed by atoms with E-state index in [0.717, 1.165) is 4.90 Å². The molecule has 7 N–H and O–H groups in total. The number of nitrogens with zero attached hydrogens (tertiary/aromatic N) is 2. The summed E-state index contributed by atoms with van der Waals surface area (Å²) in [6.45, 7) is 0.354. The van der Waals surface area contributed by atoms with Gasteiger partial charge in [-0.25, -0.2) is 4.79 Å². The number of carboxylic acid groups (broad SMARTS) is 1. The fourth-order valence-electron chi connectivity index (χ4n) is 2.98. The number of benzene rings is 1. The zero-order valence-corrected chi connectivity index (χ0v) is 17.5. The number of fused-ring (bicyclic) bond motifs is 1. The van der Waals surface area contributed by atoms with Crippen LogP contribution in [-0.4, -0.2) is 63.9 Å². The molecule has 1 atom stereocenters. The molecule has 11 nitrogen and oxygen atoms in total. The summed E-state index contributed by atoms with van der Waals surface area (Å²) < 4.78 is 0. The number of hydrogen-bond donors (Lipinski definition) is 5. The van der Waals surface area contributed by atoms with Crippen LogP contribution in [0.15, 0.2) is 29.3 Å². The van der Waals surface area contributed by atoms with Crippen LogP contribution in [0.4, 0.5) is 0 Å². The maximum atomic E-state index is 12.3. The number of guanidine groups is 1. The van der Waals surface area contributed by atoms with Crippen LogP contribution in [0.2, 0.25) is 0 Å². The van der Waals surface area contributed by atoms with E-state index in [1.807, 2.05) is 0 Å². The van der Waals surface area contributed by atoms with Crippen LogP contribution < -0.4 is 22.1 Å². The van der Waals surface area contributed by atoms with Gasteiger partial charge < -0.3 is 27.2 Å². The zero-order valence-electron chi connectivity index (χ0n) is 16.7. The van der Waals surface area contributed by atoms with Crippen LogP contribution in [-0.2, 0) is 9.59 Å². The van der Waals surface area contributed by atoms with Gasteiger partial charge >= 0.3 is 5.97 Å². The predicted octanol–water partition coefficient (Wildman–Crippen LogP) is -0.440. The van der Waals surface area contributed by atoms with Gasteiger partial charge in [0.15, 0.2) is 11.1 Å². The van der Waals surface area contributed by atoms with E-state index < -0.39 is 17.9 Å². The Hall–Kier alpha value is -3.54. The molecule has 0 bridgehead atoms. The van der Waals surface area contributed by atoms with E-state index in [1.54, 1.807) is 24.3 Å². The van der Waals surface area contributed by atoms with Crippen molar-refractivity contribution in [2.75, 3.05) is 13.1 Å². The summed E-state index contributed by atoms with van der Waals surface area (Å²) in [5, 5.41) is 14.1. The predicted molar refractivity (Wildman–Crippen MR) is 116 cm³/mol. The number of carbonyl (C=O) groups is 4. The van der Waals surface area contributed by atoms with Crippen LogP contribution in [0, 0.1) is 0 Å². The van der Waals surface area contributed by atoms with Gasteiger partial charge in [-0.2, -0.15) is 0 Å². The lowest BCUT2D eigenvalue weighted by atomic mass is 10.1. The minimum atomic E-state index is -1.13. The molecule has 0 spiro atoms. The quantitative estimate of drug-likeness (QED) is 0.104. The first-order chi connectivity index (χ1) is 14.7. The lowest BCUT2D eigenvalue weighted by Gasteiger charge is -2.17. The number of hydrogen-bond acceptors (Lipinski definition) is 6. The minimum Gasteiger partial charge on any atom is -0.480 e. The summed E-state index contributed by atoms with van der Waals surface area (Å²) in [4.78, 5) is 52.9. The standard InChI is InChI=1S/C19H24N6O5S/c20-18(21)22-9-3-7-13(17(29)30)23-19(31)24-14(26)8-4-10-25-15(27)11-5-1-2-6-12(11)16(25)28/h1-2,5-6,13H,3-4,7-10H2,(H,29,30)(H4,20,21,22)(H2,23,24,26,31). The van der Waals surface area contributed by atoms with E-state index in [1.165, 1.54) is 0 Å². The molecule has 1 aromatic carbocycles. The topological polar surface area (TPSA) is 180 Å². The number of aliphatic imine (C=N–C) groups is 1. The first kappa shape index (κ1) is 23.7. The fraction of sp³-hybridized carbons (Fsp3) is 0.368. The van der Waals surface area contributed by atoms with Crippen LogP contribution in [0.5, 0.6) is 0 Å². The van der Waals surface area contributed by atoms with Gasteiger partial charge in [-0.3, -0.25) is 24.3 Å². The second kappa shape index (κ2) is 11.0. The molecule has 0 fully saturated rings. The monoisotopic (exact) mass is 448 g/mol. The smallest absolute Gasteiger partial charge is 0.326 e. The van der Waals surface area contributed by atoms with Gasteiger partial charge in [0.25, 0.3) is 11.8 Å². The molecular weight excluding hydrogens is 424 g/mol. The number of amides is 3. The highest BCUT2D eigenvalue weighted by Crippen LogP contribution is 2.22.